The van der Waals surface area contributed by atoms with Crippen molar-refractivity contribution in [3.8, 4) is 0 Å². The summed E-state index contributed by atoms with van der Waals surface area (Å²) in [6.07, 6.45) is 3.39. The molecule has 1 aromatic heterocycles. The molecule has 0 aromatic carbocycles. The van der Waals surface area contributed by atoms with E-state index in [1.54, 1.807) is 6.07 Å². The Morgan fingerprint density at radius 1 is 1.38 bits per heavy atom. The molecule has 0 spiro atoms. The molecule has 1 saturated heterocycles. The van der Waals surface area contributed by atoms with Crippen LogP contribution in [0, 0.1) is 11.9 Å². The van der Waals surface area contributed by atoms with Gasteiger partial charge in [0.1, 0.15) is 0 Å². The van der Waals surface area contributed by atoms with E-state index in [-0.39, 0.29) is 5.91 Å². The fourth-order valence-corrected chi connectivity index (χ4v) is 2.88. The average Bonchev–Trinajstić information content (AvgIpc) is 2.52. The normalized spacial score (nSPS) is 16.5. The lowest BCUT2D eigenvalue weighted by Gasteiger charge is -2.34. The van der Waals surface area contributed by atoms with Crippen molar-refractivity contribution in [1.82, 2.24) is 14.8 Å². The summed E-state index contributed by atoms with van der Waals surface area (Å²) in [6, 6.07) is 2.79. The first-order valence-corrected chi connectivity index (χ1v) is 7.77. The van der Waals surface area contributed by atoms with Crippen molar-refractivity contribution in [2.24, 2.45) is 5.92 Å². The maximum atomic E-state index is 13.1. The van der Waals surface area contributed by atoms with E-state index in [0.29, 0.717) is 11.5 Å². The van der Waals surface area contributed by atoms with Crippen LogP contribution in [0.2, 0.25) is 0 Å². The molecule has 21 heavy (non-hydrogen) atoms. The summed E-state index contributed by atoms with van der Waals surface area (Å²) in [5.41, 5.74) is 0.393. The molecule has 0 aliphatic carbocycles. The number of hydrogen-bond acceptors (Lipinski definition) is 3. The average molecular weight is 293 g/mol. The third-order valence-electron chi connectivity index (χ3n) is 4.29. The molecular formula is C16H24FN3O. The quantitative estimate of drug-likeness (QED) is 0.782. The minimum Gasteiger partial charge on any atom is -0.339 e. The topological polar surface area (TPSA) is 36.4 Å². The van der Waals surface area contributed by atoms with E-state index in [1.807, 2.05) is 4.90 Å². The standard InChI is InChI=1S/C16H24FN3O/c1-3-19(4-2)12-13-6-9-20(10-7-13)16(21)14-5-8-18-15(17)11-14/h5,8,11,13H,3-4,6-7,9-10,12H2,1-2H3. The van der Waals surface area contributed by atoms with Gasteiger partial charge in [0.15, 0.2) is 0 Å². The maximum absolute atomic E-state index is 13.1. The Morgan fingerprint density at radius 3 is 2.62 bits per heavy atom. The Labute approximate surface area is 126 Å². The SMILES string of the molecule is CCN(CC)CC1CCN(C(=O)c2ccnc(F)c2)CC1. The Morgan fingerprint density at radius 2 is 2.05 bits per heavy atom. The molecule has 0 unspecified atom stereocenters. The van der Waals surface area contributed by atoms with E-state index >= 15 is 0 Å². The highest BCUT2D eigenvalue weighted by molar-refractivity contribution is 5.94. The van der Waals surface area contributed by atoms with Gasteiger partial charge in [-0.2, -0.15) is 4.39 Å². The first-order chi connectivity index (χ1) is 10.1. The number of piperidine rings is 1. The fourth-order valence-electron chi connectivity index (χ4n) is 2.88. The Balaban J connectivity index is 1.87. The van der Waals surface area contributed by atoms with Crippen LogP contribution in [0.5, 0.6) is 0 Å². The first kappa shape index (κ1) is 15.9. The predicted molar refractivity (Wildman–Crippen MR) is 80.6 cm³/mol. The van der Waals surface area contributed by atoms with Gasteiger partial charge in [0, 0.05) is 37.5 Å². The summed E-state index contributed by atoms with van der Waals surface area (Å²) in [7, 11) is 0. The van der Waals surface area contributed by atoms with E-state index < -0.39 is 5.95 Å². The van der Waals surface area contributed by atoms with Gasteiger partial charge < -0.3 is 9.80 Å². The number of pyridine rings is 1. The zero-order valence-corrected chi connectivity index (χ0v) is 12.9. The summed E-state index contributed by atoms with van der Waals surface area (Å²) < 4.78 is 13.1. The van der Waals surface area contributed by atoms with Crippen LogP contribution < -0.4 is 0 Å². The molecule has 116 valence electrons. The van der Waals surface area contributed by atoms with Crippen molar-refractivity contribution < 1.29 is 9.18 Å². The van der Waals surface area contributed by atoms with Crippen molar-refractivity contribution in [3.63, 3.8) is 0 Å². The van der Waals surface area contributed by atoms with Crippen LogP contribution in [0.4, 0.5) is 4.39 Å². The molecule has 1 aliphatic rings. The lowest BCUT2D eigenvalue weighted by atomic mass is 9.95. The zero-order chi connectivity index (χ0) is 15.2. The highest BCUT2D eigenvalue weighted by atomic mass is 19.1. The number of aromatic nitrogens is 1. The highest BCUT2D eigenvalue weighted by Gasteiger charge is 2.24. The second-order valence-corrected chi connectivity index (χ2v) is 5.59. The maximum Gasteiger partial charge on any atom is 0.254 e. The molecule has 1 aromatic rings. The Hall–Kier alpha value is -1.49. The molecule has 5 heteroatoms. The van der Waals surface area contributed by atoms with Gasteiger partial charge >= 0.3 is 0 Å². The number of nitrogens with zero attached hydrogens (tertiary/aromatic N) is 3. The van der Waals surface area contributed by atoms with E-state index in [0.717, 1.165) is 45.6 Å². The summed E-state index contributed by atoms with van der Waals surface area (Å²) in [5, 5.41) is 0. The van der Waals surface area contributed by atoms with Gasteiger partial charge in [0.05, 0.1) is 0 Å². The van der Waals surface area contributed by atoms with Crippen molar-refractivity contribution in [1.29, 1.82) is 0 Å². The lowest BCUT2D eigenvalue weighted by molar-refractivity contribution is 0.0669. The summed E-state index contributed by atoms with van der Waals surface area (Å²) >= 11 is 0. The molecule has 4 nitrogen and oxygen atoms in total. The van der Waals surface area contributed by atoms with Gasteiger partial charge in [-0.1, -0.05) is 13.8 Å². The number of amides is 1. The molecule has 1 amide bonds. The predicted octanol–water partition coefficient (Wildman–Crippen LogP) is 2.41. The second kappa shape index (κ2) is 7.50. The van der Waals surface area contributed by atoms with Crippen LogP contribution in [-0.2, 0) is 0 Å². The van der Waals surface area contributed by atoms with Crippen LogP contribution in [0.3, 0.4) is 0 Å². The van der Waals surface area contributed by atoms with Gasteiger partial charge in [-0.3, -0.25) is 4.79 Å². The summed E-state index contributed by atoms with van der Waals surface area (Å²) in [6.45, 7) is 9.14. The summed E-state index contributed by atoms with van der Waals surface area (Å²) in [5.74, 6) is -0.0296. The number of carbonyl (C=O) groups is 1. The number of rotatable bonds is 5. The van der Waals surface area contributed by atoms with Gasteiger partial charge in [0.2, 0.25) is 5.95 Å². The van der Waals surface area contributed by atoms with Crippen LogP contribution in [0.15, 0.2) is 18.3 Å². The molecule has 0 radical (unpaired) electrons. The van der Waals surface area contributed by atoms with E-state index in [9.17, 15) is 9.18 Å². The van der Waals surface area contributed by atoms with Crippen LogP contribution >= 0.6 is 0 Å². The monoisotopic (exact) mass is 293 g/mol. The van der Waals surface area contributed by atoms with Gasteiger partial charge in [-0.05, 0) is 37.9 Å². The molecular weight excluding hydrogens is 269 g/mol. The number of likely N-dealkylation sites (tertiary alicyclic amines) is 1. The third-order valence-corrected chi connectivity index (χ3v) is 4.29. The molecule has 0 N–H and O–H groups in total. The van der Waals surface area contributed by atoms with Gasteiger partial charge in [-0.25, -0.2) is 4.98 Å². The van der Waals surface area contributed by atoms with Crippen LogP contribution in [0.1, 0.15) is 37.0 Å². The molecule has 1 aliphatic heterocycles. The van der Waals surface area contributed by atoms with E-state index in [4.69, 9.17) is 0 Å². The molecule has 0 saturated carbocycles. The lowest BCUT2D eigenvalue weighted by Crippen LogP contribution is -2.41. The number of halogens is 1. The van der Waals surface area contributed by atoms with Crippen molar-refractivity contribution in [3.05, 3.63) is 29.8 Å². The van der Waals surface area contributed by atoms with Crippen molar-refractivity contribution in [2.75, 3.05) is 32.7 Å². The largest absolute Gasteiger partial charge is 0.339 e. The van der Waals surface area contributed by atoms with Crippen LogP contribution in [0.25, 0.3) is 0 Å². The molecule has 2 heterocycles. The number of hydrogen-bond donors (Lipinski definition) is 0. The highest BCUT2D eigenvalue weighted by Crippen LogP contribution is 2.20. The van der Waals surface area contributed by atoms with E-state index in [1.165, 1.54) is 12.3 Å². The molecule has 0 atom stereocenters. The Kier molecular flexibility index (Phi) is 5.67. The Bertz CT molecular complexity index is 468. The van der Waals surface area contributed by atoms with Gasteiger partial charge in [-0.15, -0.1) is 0 Å². The van der Waals surface area contributed by atoms with E-state index in [2.05, 4.69) is 23.7 Å². The second-order valence-electron chi connectivity index (χ2n) is 5.59. The fraction of sp³-hybridized carbons (Fsp3) is 0.625. The van der Waals surface area contributed by atoms with Crippen molar-refractivity contribution in [2.45, 2.75) is 26.7 Å². The molecule has 0 bridgehead atoms. The van der Waals surface area contributed by atoms with Crippen LogP contribution in [-0.4, -0.2) is 53.4 Å². The van der Waals surface area contributed by atoms with Gasteiger partial charge in [0.25, 0.3) is 5.91 Å². The molecule has 1 fully saturated rings. The zero-order valence-electron chi connectivity index (χ0n) is 12.9. The number of carbonyl (C=O) groups excluding carboxylic acids is 1. The molecule has 2 rings (SSSR count). The summed E-state index contributed by atoms with van der Waals surface area (Å²) in [4.78, 5) is 20.1. The first-order valence-electron chi connectivity index (χ1n) is 7.77. The van der Waals surface area contributed by atoms with Crippen molar-refractivity contribution >= 4 is 5.91 Å². The third kappa shape index (κ3) is 4.24. The minimum absolute atomic E-state index is 0.0856. The smallest absolute Gasteiger partial charge is 0.254 e. The minimum atomic E-state index is -0.600.